The molecule has 0 radical (unpaired) electrons. The maximum Gasteiger partial charge on any atom is 0.132 e. The summed E-state index contributed by atoms with van der Waals surface area (Å²) in [7, 11) is 0. The second-order valence-electron chi connectivity index (χ2n) is 4.36. The fourth-order valence-corrected chi connectivity index (χ4v) is 1.44. The maximum absolute atomic E-state index is 11.3. The molecule has 14 heavy (non-hydrogen) atoms. The number of carbonyl (C=O) groups excluding carboxylic acids is 1. The van der Waals surface area contributed by atoms with Crippen LogP contribution in [0.15, 0.2) is 0 Å². The first-order valence-corrected chi connectivity index (χ1v) is 5.79. The fraction of sp³-hybridized carbons (Fsp3) is 0.917. The Balaban J connectivity index is 3.20. The van der Waals surface area contributed by atoms with E-state index in [-0.39, 0.29) is 6.61 Å². The van der Waals surface area contributed by atoms with Crippen molar-refractivity contribution in [1.82, 2.24) is 0 Å². The summed E-state index contributed by atoms with van der Waals surface area (Å²) in [5.74, 6) is 1.10. The highest BCUT2D eigenvalue weighted by atomic mass is 16.2. The molecule has 0 saturated heterocycles. The highest BCUT2D eigenvalue weighted by Gasteiger charge is 2.02. The molecule has 0 saturated carbocycles. The Labute approximate surface area is 87.7 Å². The largest absolute Gasteiger partial charge is 0.396 e. The van der Waals surface area contributed by atoms with Gasteiger partial charge in [0.25, 0.3) is 0 Å². The third-order valence-corrected chi connectivity index (χ3v) is 2.35. The van der Waals surface area contributed by atoms with Gasteiger partial charge in [0.1, 0.15) is 5.78 Å². The molecule has 0 rings (SSSR count). The zero-order valence-corrected chi connectivity index (χ0v) is 9.59. The topological polar surface area (TPSA) is 37.3 Å². The van der Waals surface area contributed by atoms with Crippen molar-refractivity contribution in [3.8, 4) is 0 Å². The lowest BCUT2D eigenvalue weighted by Gasteiger charge is -2.03. The highest BCUT2D eigenvalue weighted by molar-refractivity contribution is 5.78. The second kappa shape index (κ2) is 9.20. The van der Waals surface area contributed by atoms with Crippen molar-refractivity contribution >= 4 is 5.78 Å². The average Bonchev–Trinajstić information content (AvgIpc) is 2.12. The Morgan fingerprint density at radius 3 is 2.29 bits per heavy atom. The predicted molar refractivity (Wildman–Crippen MR) is 59.2 cm³/mol. The van der Waals surface area contributed by atoms with Gasteiger partial charge in [0, 0.05) is 19.4 Å². The normalized spacial score (nSPS) is 10.9. The van der Waals surface area contributed by atoms with Crippen LogP contribution in [0.1, 0.15) is 58.8 Å². The summed E-state index contributed by atoms with van der Waals surface area (Å²) in [6.45, 7) is 4.62. The number of ketones is 1. The summed E-state index contributed by atoms with van der Waals surface area (Å²) in [4.78, 5) is 11.3. The number of rotatable bonds is 9. The molecule has 0 aromatic heterocycles. The van der Waals surface area contributed by atoms with E-state index in [1.165, 1.54) is 0 Å². The van der Waals surface area contributed by atoms with Crippen LogP contribution in [0.4, 0.5) is 0 Å². The molecule has 2 heteroatoms. The zero-order valence-electron chi connectivity index (χ0n) is 9.59. The first-order chi connectivity index (χ1) is 6.66. The van der Waals surface area contributed by atoms with Crippen LogP contribution < -0.4 is 0 Å². The lowest BCUT2D eigenvalue weighted by Crippen LogP contribution is -1.99. The molecule has 0 bridgehead atoms. The molecule has 0 aromatic carbocycles. The first kappa shape index (κ1) is 13.6. The summed E-state index contributed by atoms with van der Waals surface area (Å²) in [6.07, 6.45) is 6.40. The van der Waals surface area contributed by atoms with E-state index >= 15 is 0 Å². The van der Waals surface area contributed by atoms with Crippen molar-refractivity contribution in [1.29, 1.82) is 0 Å². The predicted octanol–water partition coefficient (Wildman–Crippen LogP) is 2.93. The molecule has 0 unspecified atom stereocenters. The molecule has 1 N–H and O–H groups in total. The van der Waals surface area contributed by atoms with Crippen molar-refractivity contribution in [2.24, 2.45) is 5.92 Å². The molecule has 0 fully saturated rings. The van der Waals surface area contributed by atoms with Crippen LogP contribution in [-0.4, -0.2) is 17.5 Å². The fourth-order valence-electron chi connectivity index (χ4n) is 1.44. The van der Waals surface area contributed by atoms with Crippen molar-refractivity contribution in [3.63, 3.8) is 0 Å². The molecule has 0 atom stereocenters. The Kier molecular flexibility index (Phi) is 8.95. The Morgan fingerprint density at radius 2 is 1.71 bits per heavy atom. The van der Waals surface area contributed by atoms with Gasteiger partial charge in [-0.1, -0.05) is 26.7 Å². The van der Waals surface area contributed by atoms with Crippen LogP contribution in [0, 0.1) is 5.92 Å². The van der Waals surface area contributed by atoms with Crippen LogP contribution in [0.2, 0.25) is 0 Å². The lowest BCUT2D eigenvalue weighted by atomic mass is 10.0. The van der Waals surface area contributed by atoms with Gasteiger partial charge in [0.2, 0.25) is 0 Å². The molecule has 0 aliphatic heterocycles. The lowest BCUT2D eigenvalue weighted by molar-refractivity contribution is -0.119. The number of aliphatic hydroxyl groups is 1. The number of aliphatic hydroxyl groups excluding tert-OH is 1. The molecular weight excluding hydrogens is 176 g/mol. The minimum Gasteiger partial charge on any atom is -0.396 e. The third-order valence-electron chi connectivity index (χ3n) is 2.35. The van der Waals surface area contributed by atoms with E-state index in [1.807, 2.05) is 0 Å². The second-order valence-corrected chi connectivity index (χ2v) is 4.36. The van der Waals surface area contributed by atoms with Gasteiger partial charge in [-0.05, 0) is 25.2 Å². The van der Waals surface area contributed by atoms with Crippen molar-refractivity contribution in [2.75, 3.05) is 6.61 Å². The van der Waals surface area contributed by atoms with Gasteiger partial charge in [-0.2, -0.15) is 0 Å². The molecule has 2 nitrogen and oxygen atoms in total. The zero-order chi connectivity index (χ0) is 10.8. The minimum atomic E-state index is 0.252. The SMILES string of the molecule is CC(C)CCCC(=O)CCCCCO. The van der Waals surface area contributed by atoms with Crippen LogP contribution >= 0.6 is 0 Å². The van der Waals surface area contributed by atoms with Crippen LogP contribution in [0.3, 0.4) is 0 Å². The van der Waals surface area contributed by atoms with Gasteiger partial charge in [-0.25, -0.2) is 0 Å². The van der Waals surface area contributed by atoms with Crippen LogP contribution in [0.25, 0.3) is 0 Å². The van der Waals surface area contributed by atoms with Crippen LogP contribution in [0.5, 0.6) is 0 Å². The first-order valence-electron chi connectivity index (χ1n) is 5.79. The quantitative estimate of drug-likeness (QED) is 0.581. The number of unbranched alkanes of at least 4 members (excludes halogenated alkanes) is 2. The summed E-state index contributed by atoms with van der Waals surface area (Å²) >= 11 is 0. The average molecular weight is 200 g/mol. The van der Waals surface area contributed by atoms with E-state index in [0.29, 0.717) is 18.1 Å². The number of hydrogen-bond acceptors (Lipinski definition) is 2. The highest BCUT2D eigenvalue weighted by Crippen LogP contribution is 2.09. The van der Waals surface area contributed by atoms with E-state index in [9.17, 15) is 4.79 Å². The maximum atomic E-state index is 11.3. The summed E-state index contributed by atoms with van der Waals surface area (Å²) in [5.41, 5.74) is 0. The molecule has 84 valence electrons. The summed E-state index contributed by atoms with van der Waals surface area (Å²) in [5, 5.41) is 8.55. The van der Waals surface area contributed by atoms with E-state index in [2.05, 4.69) is 13.8 Å². The third kappa shape index (κ3) is 9.72. The van der Waals surface area contributed by atoms with E-state index < -0.39 is 0 Å². The summed E-state index contributed by atoms with van der Waals surface area (Å²) < 4.78 is 0. The molecule has 0 aromatic rings. The smallest absolute Gasteiger partial charge is 0.132 e. The van der Waals surface area contributed by atoms with Crippen molar-refractivity contribution < 1.29 is 9.90 Å². The number of Topliss-reactive ketones (excluding diaryl/α,β-unsaturated/α-hetero) is 1. The van der Waals surface area contributed by atoms with E-state index in [1.54, 1.807) is 0 Å². The van der Waals surface area contributed by atoms with Crippen LogP contribution in [-0.2, 0) is 4.79 Å². The van der Waals surface area contributed by atoms with Gasteiger partial charge in [0.15, 0.2) is 0 Å². The molecule has 0 amide bonds. The van der Waals surface area contributed by atoms with Gasteiger partial charge in [-0.3, -0.25) is 4.79 Å². The van der Waals surface area contributed by atoms with Gasteiger partial charge in [-0.15, -0.1) is 0 Å². The van der Waals surface area contributed by atoms with Gasteiger partial charge in [0.05, 0.1) is 0 Å². The van der Waals surface area contributed by atoms with Crippen molar-refractivity contribution in [3.05, 3.63) is 0 Å². The molecule has 0 aliphatic carbocycles. The Morgan fingerprint density at radius 1 is 1.07 bits per heavy atom. The Bertz CT molecular complexity index is 141. The van der Waals surface area contributed by atoms with E-state index in [0.717, 1.165) is 38.5 Å². The summed E-state index contributed by atoms with van der Waals surface area (Å²) in [6, 6.07) is 0. The van der Waals surface area contributed by atoms with Gasteiger partial charge >= 0.3 is 0 Å². The minimum absolute atomic E-state index is 0.252. The number of carbonyl (C=O) groups is 1. The molecule has 0 heterocycles. The van der Waals surface area contributed by atoms with E-state index in [4.69, 9.17) is 5.11 Å². The van der Waals surface area contributed by atoms with Crippen molar-refractivity contribution in [2.45, 2.75) is 58.8 Å². The Hall–Kier alpha value is -0.370. The molecule has 0 aliphatic rings. The standard InChI is InChI=1S/C12H24O2/c1-11(2)7-6-9-12(14)8-4-3-5-10-13/h11,13H,3-10H2,1-2H3. The number of hydrogen-bond donors (Lipinski definition) is 1. The van der Waals surface area contributed by atoms with Gasteiger partial charge < -0.3 is 5.11 Å². The molecule has 0 spiro atoms. The monoisotopic (exact) mass is 200 g/mol. The molecular formula is C12H24O2.